The summed E-state index contributed by atoms with van der Waals surface area (Å²) in [6.45, 7) is 0.639. The van der Waals surface area contributed by atoms with Gasteiger partial charge in [0.25, 0.3) is 0 Å². The second-order valence-electron chi connectivity index (χ2n) is 4.29. The summed E-state index contributed by atoms with van der Waals surface area (Å²) >= 11 is 7.30. The number of hydrogen-bond acceptors (Lipinski definition) is 1. The number of imidazole rings is 1. The predicted octanol–water partition coefficient (Wildman–Crippen LogP) is 4.49. The van der Waals surface area contributed by atoms with Gasteiger partial charge in [-0.3, -0.25) is 0 Å². The number of aromatic nitrogens is 2. The molecule has 3 rings (SSSR count). The van der Waals surface area contributed by atoms with Gasteiger partial charge >= 0.3 is 0 Å². The van der Waals surface area contributed by atoms with E-state index in [0.29, 0.717) is 14.9 Å². The quantitative estimate of drug-likeness (QED) is 0.510. The van der Waals surface area contributed by atoms with Crippen LogP contribution in [-0.2, 0) is 6.54 Å². The normalized spacial score (nSPS) is 11.1. The van der Waals surface area contributed by atoms with Crippen LogP contribution in [0.2, 0.25) is 0 Å². The number of H-pyrrole nitrogens is 1. The molecule has 0 saturated heterocycles. The Labute approximate surface area is 128 Å². The first-order valence-corrected chi connectivity index (χ1v) is 7.25. The Balaban J connectivity index is 2.16. The molecule has 0 amide bonds. The summed E-state index contributed by atoms with van der Waals surface area (Å²) in [5.41, 5.74) is 2.80. The molecule has 0 radical (unpaired) electrons. The maximum atomic E-state index is 13.7. The molecule has 0 bridgehead atoms. The van der Waals surface area contributed by atoms with E-state index in [4.69, 9.17) is 12.2 Å². The molecule has 0 aliphatic carbocycles. The molecule has 0 fully saturated rings. The van der Waals surface area contributed by atoms with Gasteiger partial charge in [0.2, 0.25) is 0 Å². The van der Waals surface area contributed by atoms with Crippen molar-refractivity contribution >= 4 is 45.8 Å². The molecule has 1 aromatic heterocycles. The van der Waals surface area contributed by atoms with Gasteiger partial charge < -0.3 is 9.55 Å². The van der Waals surface area contributed by atoms with Gasteiger partial charge in [-0.05, 0) is 46.4 Å². The van der Waals surface area contributed by atoms with Crippen molar-refractivity contribution in [1.29, 1.82) is 0 Å². The molecular formula is C14H10FIN2S. The molecule has 0 saturated carbocycles. The van der Waals surface area contributed by atoms with Gasteiger partial charge in [0.05, 0.1) is 21.1 Å². The van der Waals surface area contributed by atoms with Gasteiger partial charge in [0.1, 0.15) is 5.82 Å². The van der Waals surface area contributed by atoms with E-state index in [9.17, 15) is 4.39 Å². The van der Waals surface area contributed by atoms with Gasteiger partial charge in [0, 0.05) is 6.07 Å². The van der Waals surface area contributed by atoms with Crippen molar-refractivity contribution in [2.45, 2.75) is 6.54 Å². The lowest BCUT2D eigenvalue weighted by Gasteiger charge is -2.05. The topological polar surface area (TPSA) is 20.7 Å². The maximum absolute atomic E-state index is 13.7. The van der Waals surface area contributed by atoms with Crippen molar-refractivity contribution in [3.05, 3.63) is 62.2 Å². The molecular weight excluding hydrogens is 374 g/mol. The van der Waals surface area contributed by atoms with E-state index in [1.54, 1.807) is 6.07 Å². The van der Waals surface area contributed by atoms with E-state index in [2.05, 4.69) is 4.98 Å². The number of nitrogens with zero attached hydrogens (tertiary/aromatic N) is 1. The Hall–Kier alpha value is -1.21. The third-order valence-electron chi connectivity index (χ3n) is 3.00. The molecule has 1 N–H and O–H groups in total. The lowest BCUT2D eigenvalue weighted by atomic mass is 10.2. The molecule has 0 unspecified atom stereocenters. The zero-order valence-electron chi connectivity index (χ0n) is 9.86. The SMILES string of the molecule is Fc1cc2c(cc1I)[nH]c(=S)n2Cc1ccccc1. The van der Waals surface area contributed by atoms with Gasteiger partial charge in [-0.2, -0.15) is 0 Å². The summed E-state index contributed by atoms with van der Waals surface area (Å²) in [7, 11) is 0. The zero-order valence-corrected chi connectivity index (χ0v) is 12.8. The smallest absolute Gasteiger partial charge is 0.178 e. The van der Waals surface area contributed by atoms with Crippen LogP contribution < -0.4 is 0 Å². The first kappa shape index (κ1) is 12.8. The van der Waals surface area contributed by atoms with Crippen molar-refractivity contribution in [1.82, 2.24) is 9.55 Å². The molecule has 96 valence electrons. The molecule has 2 nitrogen and oxygen atoms in total. The van der Waals surface area contributed by atoms with Crippen LogP contribution >= 0.6 is 34.8 Å². The van der Waals surface area contributed by atoms with Gasteiger partial charge in [-0.1, -0.05) is 30.3 Å². The number of fused-ring (bicyclic) bond motifs is 1. The minimum absolute atomic E-state index is 0.219. The van der Waals surface area contributed by atoms with E-state index in [1.165, 1.54) is 6.07 Å². The number of halogens is 2. The van der Waals surface area contributed by atoms with Crippen LogP contribution in [0, 0.1) is 14.2 Å². The van der Waals surface area contributed by atoms with Gasteiger partial charge in [-0.25, -0.2) is 4.39 Å². The van der Waals surface area contributed by atoms with Crippen molar-refractivity contribution in [3.63, 3.8) is 0 Å². The van der Waals surface area contributed by atoms with Crippen molar-refractivity contribution in [2.75, 3.05) is 0 Å². The molecule has 19 heavy (non-hydrogen) atoms. The molecule has 0 aliphatic heterocycles. The molecule has 0 atom stereocenters. The average molecular weight is 384 g/mol. The van der Waals surface area contributed by atoms with E-state index in [-0.39, 0.29) is 5.82 Å². The van der Waals surface area contributed by atoms with Crippen LogP contribution in [-0.4, -0.2) is 9.55 Å². The molecule has 2 aromatic carbocycles. The molecule has 0 aliphatic rings. The highest BCUT2D eigenvalue weighted by atomic mass is 127. The van der Waals surface area contributed by atoms with Crippen molar-refractivity contribution in [3.8, 4) is 0 Å². The Morgan fingerprint density at radius 3 is 2.68 bits per heavy atom. The van der Waals surface area contributed by atoms with Crippen molar-refractivity contribution < 1.29 is 4.39 Å². The Kier molecular flexibility index (Phi) is 3.40. The average Bonchev–Trinajstić information content (AvgIpc) is 2.68. The summed E-state index contributed by atoms with van der Waals surface area (Å²) in [6.07, 6.45) is 0. The fraction of sp³-hybridized carbons (Fsp3) is 0.0714. The monoisotopic (exact) mass is 384 g/mol. The highest BCUT2D eigenvalue weighted by molar-refractivity contribution is 14.1. The molecule has 0 spiro atoms. The highest BCUT2D eigenvalue weighted by Gasteiger charge is 2.09. The fourth-order valence-electron chi connectivity index (χ4n) is 2.07. The minimum Gasteiger partial charge on any atom is -0.331 e. The van der Waals surface area contributed by atoms with Crippen LogP contribution in [0.3, 0.4) is 0 Å². The summed E-state index contributed by atoms with van der Waals surface area (Å²) in [5, 5.41) is 0. The highest BCUT2D eigenvalue weighted by Crippen LogP contribution is 2.21. The first-order chi connectivity index (χ1) is 9.15. The van der Waals surface area contributed by atoms with Crippen LogP contribution in [0.5, 0.6) is 0 Å². The summed E-state index contributed by atoms with van der Waals surface area (Å²) in [5.74, 6) is -0.219. The summed E-state index contributed by atoms with van der Waals surface area (Å²) < 4.78 is 16.8. The third-order valence-corrected chi connectivity index (χ3v) is 4.15. The maximum Gasteiger partial charge on any atom is 0.178 e. The van der Waals surface area contributed by atoms with E-state index in [0.717, 1.165) is 16.6 Å². The number of nitrogens with one attached hydrogen (secondary N) is 1. The van der Waals surface area contributed by atoms with Crippen LogP contribution in [0.1, 0.15) is 5.56 Å². The van der Waals surface area contributed by atoms with Gasteiger partial charge in [-0.15, -0.1) is 0 Å². The zero-order chi connectivity index (χ0) is 13.4. The fourth-order valence-corrected chi connectivity index (χ4v) is 2.81. The number of benzene rings is 2. The summed E-state index contributed by atoms with van der Waals surface area (Å²) in [6, 6.07) is 13.3. The Bertz CT molecular complexity index is 792. The largest absolute Gasteiger partial charge is 0.331 e. The predicted molar refractivity (Wildman–Crippen MR) is 85.3 cm³/mol. The van der Waals surface area contributed by atoms with Crippen LogP contribution in [0.4, 0.5) is 4.39 Å². The minimum atomic E-state index is -0.219. The molecule has 5 heteroatoms. The Morgan fingerprint density at radius 1 is 1.21 bits per heavy atom. The number of hydrogen-bond donors (Lipinski definition) is 1. The van der Waals surface area contributed by atoms with E-state index >= 15 is 0 Å². The second kappa shape index (κ2) is 5.05. The van der Waals surface area contributed by atoms with Crippen molar-refractivity contribution in [2.24, 2.45) is 0 Å². The van der Waals surface area contributed by atoms with E-state index < -0.39 is 0 Å². The number of aromatic amines is 1. The van der Waals surface area contributed by atoms with Crippen LogP contribution in [0.25, 0.3) is 11.0 Å². The lowest BCUT2D eigenvalue weighted by Crippen LogP contribution is -1.99. The Morgan fingerprint density at radius 2 is 1.95 bits per heavy atom. The standard InChI is InChI=1S/C14H10FIN2S/c15-10-6-13-12(7-11(10)16)17-14(19)18(13)8-9-4-2-1-3-5-9/h1-7H,8H2,(H,17,19). The number of rotatable bonds is 2. The second-order valence-corrected chi connectivity index (χ2v) is 5.83. The molecule has 1 heterocycles. The first-order valence-electron chi connectivity index (χ1n) is 5.76. The van der Waals surface area contributed by atoms with Crippen LogP contribution in [0.15, 0.2) is 42.5 Å². The summed E-state index contributed by atoms with van der Waals surface area (Å²) in [4.78, 5) is 3.12. The van der Waals surface area contributed by atoms with Gasteiger partial charge in [0.15, 0.2) is 4.77 Å². The van der Waals surface area contributed by atoms with E-state index in [1.807, 2.05) is 57.5 Å². The third kappa shape index (κ3) is 2.44. The lowest BCUT2D eigenvalue weighted by molar-refractivity contribution is 0.621. The molecule has 3 aromatic rings.